The molecule has 6 heteroatoms. The summed E-state index contributed by atoms with van der Waals surface area (Å²) in [5.41, 5.74) is 8.00. The number of hydrogen-bond acceptors (Lipinski definition) is 6. The molecule has 0 radical (unpaired) electrons. The highest BCUT2D eigenvalue weighted by atomic mass is 16.5. The third-order valence-corrected chi connectivity index (χ3v) is 6.33. The third-order valence-electron chi connectivity index (χ3n) is 6.33. The molecular weight excluding hydrogens is 454 g/mol. The fourth-order valence-electron chi connectivity index (χ4n) is 4.40. The van der Waals surface area contributed by atoms with E-state index in [0.717, 1.165) is 53.9 Å². The molecule has 0 saturated carbocycles. The van der Waals surface area contributed by atoms with Gasteiger partial charge in [0.05, 0.1) is 14.2 Å². The Morgan fingerprint density at radius 3 is 1.72 bits per heavy atom. The van der Waals surface area contributed by atoms with Crippen LogP contribution in [0.25, 0.3) is 0 Å². The number of benzene rings is 3. The van der Waals surface area contributed by atoms with Crippen molar-refractivity contribution in [2.24, 2.45) is 11.7 Å². The van der Waals surface area contributed by atoms with E-state index in [9.17, 15) is 5.11 Å². The number of unbranched alkanes of at least 4 members (excludes halogenated alkanes) is 1. The van der Waals surface area contributed by atoms with Crippen molar-refractivity contribution in [1.82, 2.24) is 0 Å². The lowest BCUT2D eigenvalue weighted by molar-refractivity contribution is -0.0980. The van der Waals surface area contributed by atoms with Gasteiger partial charge in [-0.05, 0) is 72.7 Å². The smallest absolute Gasteiger partial charge is 0.143 e. The van der Waals surface area contributed by atoms with Crippen molar-refractivity contribution in [1.29, 1.82) is 0 Å². The summed E-state index contributed by atoms with van der Waals surface area (Å²) in [6.07, 6.45) is 3.66. The predicted molar refractivity (Wildman–Crippen MR) is 143 cm³/mol. The summed E-state index contributed by atoms with van der Waals surface area (Å²) in [6, 6.07) is 26.5. The molecule has 3 aromatic carbocycles. The van der Waals surface area contributed by atoms with Gasteiger partial charge in [-0.2, -0.15) is 0 Å². The second kappa shape index (κ2) is 15.7. The van der Waals surface area contributed by atoms with Gasteiger partial charge in [0.2, 0.25) is 0 Å². The summed E-state index contributed by atoms with van der Waals surface area (Å²) in [4.78, 5) is 8.00. The monoisotopic (exact) mass is 493 g/mol. The average molecular weight is 494 g/mol. The lowest BCUT2D eigenvalue weighted by atomic mass is 9.80. The number of carbonyl (C=O) groups is 1. The Hall–Kier alpha value is -3.19. The van der Waals surface area contributed by atoms with E-state index in [1.54, 1.807) is 14.2 Å². The molecular formula is C30H39NO5. The number of ether oxygens (including phenoxy) is 3. The second-order valence-electron chi connectivity index (χ2n) is 8.47. The Bertz CT molecular complexity index is 929. The highest BCUT2D eigenvalue weighted by molar-refractivity contribution is 5.49. The lowest BCUT2D eigenvalue weighted by Crippen LogP contribution is -2.33. The molecule has 0 aliphatic rings. The fraction of sp³-hybridized carbons (Fsp3) is 0.367. The number of rotatable bonds is 14. The van der Waals surface area contributed by atoms with Crippen LogP contribution in [0, 0.1) is 5.92 Å². The van der Waals surface area contributed by atoms with Crippen LogP contribution in [0.2, 0.25) is 0 Å². The molecule has 1 unspecified atom stereocenters. The Morgan fingerprint density at radius 2 is 1.28 bits per heavy atom. The Kier molecular flexibility index (Phi) is 12.7. The van der Waals surface area contributed by atoms with Crippen molar-refractivity contribution < 1.29 is 24.1 Å². The second-order valence-corrected chi connectivity index (χ2v) is 8.47. The zero-order chi connectivity index (χ0) is 26.2. The first kappa shape index (κ1) is 29.0. The van der Waals surface area contributed by atoms with E-state index in [2.05, 4.69) is 36.4 Å². The summed E-state index contributed by atoms with van der Waals surface area (Å²) >= 11 is 0. The van der Waals surface area contributed by atoms with E-state index >= 15 is 0 Å². The number of methoxy groups -OCH3 is 2. The molecule has 0 heterocycles. The van der Waals surface area contributed by atoms with Crippen LogP contribution in [0.15, 0.2) is 78.9 Å². The molecule has 0 bridgehead atoms. The zero-order valence-electron chi connectivity index (χ0n) is 21.4. The van der Waals surface area contributed by atoms with Crippen LogP contribution in [0.1, 0.15) is 42.4 Å². The van der Waals surface area contributed by atoms with Crippen LogP contribution in [0.4, 0.5) is 0 Å². The van der Waals surface area contributed by atoms with Crippen LogP contribution >= 0.6 is 0 Å². The van der Waals surface area contributed by atoms with Gasteiger partial charge < -0.3 is 29.8 Å². The van der Waals surface area contributed by atoms with Gasteiger partial charge in [0.15, 0.2) is 0 Å². The topological polar surface area (TPSA) is 91.0 Å². The van der Waals surface area contributed by atoms with Gasteiger partial charge in [0, 0.05) is 13.2 Å². The van der Waals surface area contributed by atoms with Gasteiger partial charge in [-0.1, -0.05) is 61.0 Å². The van der Waals surface area contributed by atoms with E-state index < -0.39 is 5.60 Å². The first-order chi connectivity index (χ1) is 17.7. The molecule has 0 aliphatic carbocycles. The predicted octanol–water partition coefficient (Wildman–Crippen LogP) is 4.96. The minimum atomic E-state index is -0.784. The number of carbonyl (C=O) groups excluding carboxylic acids is 1. The zero-order valence-corrected chi connectivity index (χ0v) is 21.4. The fourth-order valence-corrected chi connectivity index (χ4v) is 4.40. The van der Waals surface area contributed by atoms with Crippen LogP contribution in [0.5, 0.6) is 11.5 Å². The quantitative estimate of drug-likeness (QED) is 0.244. The SMILES string of the molecule is C=O.COc1ccc(C(OCCCCC(CO)CCN)(c2ccccc2)c2ccc(OC)cc2)cc1. The molecule has 0 amide bonds. The number of aliphatic hydroxyl groups excluding tert-OH is 1. The van der Waals surface area contributed by atoms with E-state index in [0.29, 0.717) is 13.2 Å². The minimum Gasteiger partial charge on any atom is -0.497 e. The Balaban J connectivity index is 0.00000222. The molecule has 1 atom stereocenters. The molecule has 3 rings (SSSR count). The molecule has 3 N–H and O–H groups in total. The van der Waals surface area contributed by atoms with Gasteiger partial charge >= 0.3 is 0 Å². The average Bonchev–Trinajstić information content (AvgIpc) is 2.96. The molecule has 36 heavy (non-hydrogen) atoms. The number of nitrogens with two attached hydrogens (primary N) is 1. The van der Waals surface area contributed by atoms with E-state index in [4.69, 9.17) is 24.7 Å². The largest absolute Gasteiger partial charge is 0.497 e. The summed E-state index contributed by atoms with van der Waals surface area (Å²) in [5, 5.41) is 9.57. The summed E-state index contributed by atoms with van der Waals surface area (Å²) in [5.74, 6) is 1.86. The maximum absolute atomic E-state index is 9.57. The van der Waals surface area contributed by atoms with Gasteiger partial charge in [-0.25, -0.2) is 0 Å². The maximum atomic E-state index is 9.57. The molecule has 6 nitrogen and oxygen atoms in total. The highest BCUT2D eigenvalue weighted by Gasteiger charge is 2.37. The summed E-state index contributed by atoms with van der Waals surface area (Å²) < 4.78 is 17.6. The lowest BCUT2D eigenvalue weighted by Gasteiger charge is -2.36. The van der Waals surface area contributed by atoms with Crippen molar-refractivity contribution in [3.05, 3.63) is 95.6 Å². The molecule has 0 aromatic heterocycles. The number of aliphatic hydroxyl groups is 1. The molecule has 0 spiro atoms. The number of hydrogen-bond donors (Lipinski definition) is 2. The van der Waals surface area contributed by atoms with Crippen LogP contribution < -0.4 is 15.2 Å². The van der Waals surface area contributed by atoms with E-state index in [1.807, 2.05) is 49.3 Å². The van der Waals surface area contributed by atoms with Gasteiger partial charge in [-0.3, -0.25) is 0 Å². The molecule has 0 saturated heterocycles. The standard InChI is InChI=1S/C29H37NO4.CH2O/c1-32-27-15-11-25(12-16-27)29(24-9-4-3-5-10-24,26-13-17-28(33-2)18-14-26)34-21-7-6-8-23(22-31)19-20-30;1-2/h3-5,9-18,23,31H,6-8,19-22,30H2,1-2H3;1H2. The molecule has 3 aromatic rings. The van der Waals surface area contributed by atoms with Crippen molar-refractivity contribution in [3.63, 3.8) is 0 Å². The molecule has 0 fully saturated rings. The Morgan fingerprint density at radius 1 is 0.778 bits per heavy atom. The summed E-state index contributed by atoms with van der Waals surface area (Å²) in [7, 11) is 3.34. The van der Waals surface area contributed by atoms with E-state index in [-0.39, 0.29) is 12.5 Å². The first-order valence-electron chi connectivity index (χ1n) is 12.3. The van der Waals surface area contributed by atoms with Crippen molar-refractivity contribution in [2.45, 2.75) is 31.3 Å². The van der Waals surface area contributed by atoms with Crippen molar-refractivity contribution in [3.8, 4) is 11.5 Å². The van der Waals surface area contributed by atoms with Crippen LogP contribution in [0.3, 0.4) is 0 Å². The van der Waals surface area contributed by atoms with Gasteiger partial charge in [0.1, 0.15) is 23.9 Å². The van der Waals surface area contributed by atoms with Crippen LogP contribution in [-0.2, 0) is 15.1 Å². The molecule has 0 aliphatic heterocycles. The third kappa shape index (κ3) is 7.40. The van der Waals surface area contributed by atoms with Crippen molar-refractivity contribution in [2.75, 3.05) is 34.0 Å². The van der Waals surface area contributed by atoms with Crippen LogP contribution in [-0.4, -0.2) is 45.9 Å². The normalized spacial score (nSPS) is 11.8. The maximum Gasteiger partial charge on any atom is 0.143 e. The van der Waals surface area contributed by atoms with Gasteiger partial charge in [0.25, 0.3) is 0 Å². The van der Waals surface area contributed by atoms with Gasteiger partial charge in [-0.15, -0.1) is 0 Å². The highest BCUT2D eigenvalue weighted by Crippen LogP contribution is 2.41. The van der Waals surface area contributed by atoms with Crippen molar-refractivity contribution >= 4 is 6.79 Å². The summed E-state index contributed by atoms with van der Waals surface area (Å²) in [6.45, 7) is 3.37. The molecule has 194 valence electrons. The van der Waals surface area contributed by atoms with E-state index in [1.165, 1.54) is 0 Å². The minimum absolute atomic E-state index is 0.184. The Labute approximate surface area is 215 Å². The first-order valence-corrected chi connectivity index (χ1v) is 12.3.